The molecule has 2 aliphatic rings. The Morgan fingerprint density at radius 3 is 2.48 bits per heavy atom. The molecule has 25 heavy (non-hydrogen) atoms. The third kappa shape index (κ3) is 3.84. The van der Waals surface area contributed by atoms with Crippen LogP contribution >= 0.6 is 35.6 Å². The van der Waals surface area contributed by atoms with Crippen LogP contribution in [0.25, 0.3) is 0 Å². The first-order chi connectivity index (χ1) is 11.0. The zero-order chi connectivity index (χ0) is 18.4. The fourth-order valence-corrected chi connectivity index (χ4v) is 3.38. The van der Waals surface area contributed by atoms with Crippen molar-refractivity contribution < 1.29 is 29.6 Å². The van der Waals surface area contributed by atoms with Crippen LogP contribution in [0.4, 0.5) is 0 Å². The molecule has 6 atom stereocenters. The minimum Gasteiger partial charge on any atom is -0.512 e. The molecule has 0 bridgehead atoms. The van der Waals surface area contributed by atoms with E-state index in [1.807, 2.05) is 0 Å². The van der Waals surface area contributed by atoms with E-state index in [1.165, 1.54) is 13.8 Å². The molecule has 0 aromatic heterocycles. The normalized spacial score (nSPS) is 36.2. The molecule has 0 spiro atoms. The number of rotatable bonds is 3. The highest BCUT2D eigenvalue weighted by atomic mass is 35.5. The van der Waals surface area contributed by atoms with E-state index in [-0.39, 0.29) is 24.4 Å². The Morgan fingerprint density at radius 2 is 2.00 bits per heavy atom. The number of carbonyl (C=O) groups is 2. The van der Waals surface area contributed by atoms with Gasteiger partial charge in [0.2, 0.25) is 5.91 Å². The van der Waals surface area contributed by atoms with Gasteiger partial charge in [-0.05, 0) is 13.8 Å². The van der Waals surface area contributed by atoms with Crippen LogP contribution in [0.1, 0.15) is 20.3 Å². The zero-order valence-corrected chi connectivity index (χ0v) is 15.8. The molecule has 1 fully saturated rings. The van der Waals surface area contributed by atoms with E-state index < -0.39 is 58.3 Å². The van der Waals surface area contributed by atoms with Gasteiger partial charge in [-0.3, -0.25) is 4.79 Å². The number of alkyl halides is 2. The summed E-state index contributed by atoms with van der Waals surface area (Å²) >= 11 is 11.9. The number of aliphatic hydroxyl groups excluding tert-OH is 3. The van der Waals surface area contributed by atoms with Gasteiger partial charge in [0, 0.05) is 12.3 Å². The number of esters is 1. The second kappa shape index (κ2) is 7.85. The predicted octanol–water partition coefficient (Wildman–Crippen LogP) is -0.0868. The number of nitrogens with two attached hydrogens (primary N) is 1. The summed E-state index contributed by atoms with van der Waals surface area (Å²) in [5, 5.41) is 32.9. The number of aliphatic hydroxyl groups is 3. The molecule has 2 rings (SSSR count). The lowest BCUT2D eigenvalue weighted by Crippen LogP contribution is -2.68. The van der Waals surface area contributed by atoms with Gasteiger partial charge in [-0.1, -0.05) is 0 Å². The smallest absolute Gasteiger partial charge is 0.338 e. The van der Waals surface area contributed by atoms with E-state index in [2.05, 4.69) is 5.32 Å². The van der Waals surface area contributed by atoms with E-state index in [4.69, 9.17) is 33.7 Å². The fraction of sp³-hybridized carbons (Fsp3) is 0.714. The number of ether oxygens (including phenoxy) is 1. The third-order valence-electron chi connectivity index (χ3n) is 4.46. The Morgan fingerprint density at radius 1 is 1.44 bits per heavy atom. The Bertz CT molecular complexity index is 585. The molecular formula is C14H21Cl3N2O6. The zero-order valence-electron chi connectivity index (χ0n) is 13.5. The highest BCUT2D eigenvalue weighted by Gasteiger charge is 2.59. The van der Waals surface area contributed by atoms with Crippen LogP contribution in [0, 0.1) is 5.92 Å². The van der Waals surface area contributed by atoms with Gasteiger partial charge in [0.05, 0.1) is 29.9 Å². The van der Waals surface area contributed by atoms with Crippen molar-refractivity contribution in [1.29, 1.82) is 0 Å². The number of hydrogen-bond donors (Lipinski definition) is 5. The first kappa shape index (κ1) is 22.3. The number of cyclic esters (lactones) is 1. The lowest BCUT2D eigenvalue weighted by molar-refractivity contribution is -0.173. The molecule has 1 amide bonds. The second-order valence-corrected chi connectivity index (χ2v) is 7.39. The first-order valence-electron chi connectivity index (χ1n) is 7.36. The minimum atomic E-state index is -1.60. The van der Waals surface area contributed by atoms with E-state index in [0.29, 0.717) is 0 Å². The lowest BCUT2D eigenvalue weighted by atomic mass is 9.71. The monoisotopic (exact) mass is 418 g/mol. The quantitative estimate of drug-likeness (QED) is 0.318. The van der Waals surface area contributed by atoms with E-state index in [1.54, 1.807) is 0 Å². The van der Waals surface area contributed by atoms with E-state index in [0.717, 1.165) is 0 Å². The molecule has 0 saturated carbocycles. The summed E-state index contributed by atoms with van der Waals surface area (Å²) in [7, 11) is 0. The fourth-order valence-electron chi connectivity index (χ4n) is 3.02. The van der Waals surface area contributed by atoms with Crippen molar-refractivity contribution in [3.05, 3.63) is 11.3 Å². The Labute approximate surface area is 160 Å². The van der Waals surface area contributed by atoms with Crippen molar-refractivity contribution in [2.45, 2.75) is 55.0 Å². The number of halogens is 3. The molecule has 8 nitrogen and oxygen atoms in total. The van der Waals surface area contributed by atoms with Crippen molar-refractivity contribution in [2.75, 3.05) is 0 Å². The highest BCUT2D eigenvalue weighted by Crippen LogP contribution is 2.44. The summed E-state index contributed by atoms with van der Waals surface area (Å²) in [6.45, 7) is 2.84. The first-order valence-corrected chi connectivity index (χ1v) is 8.23. The Kier molecular flexibility index (Phi) is 7.00. The molecule has 0 aromatic rings. The van der Waals surface area contributed by atoms with Crippen molar-refractivity contribution >= 4 is 47.5 Å². The van der Waals surface area contributed by atoms with Crippen LogP contribution in [-0.4, -0.2) is 61.9 Å². The maximum absolute atomic E-state index is 12.3. The van der Waals surface area contributed by atoms with Crippen molar-refractivity contribution in [1.82, 2.24) is 5.32 Å². The molecule has 0 aromatic carbocycles. The topological polar surface area (TPSA) is 142 Å². The van der Waals surface area contributed by atoms with Gasteiger partial charge < -0.3 is 31.1 Å². The van der Waals surface area contributed by atoms with Crippen LogP contribution < -0.4 is 11.1 Å². The average Bonchev–Trinajstić information content (AvgIpc) is 2.46. The van der Waals surface area contributed by atoms with Gasteiger partial charge in [0.1, 0.15) is 10.6 Å². The highest BCUT2D eigenvalue weighted by molar-refractivity contribution is 6.45. The van der Waals surface area contributed by atoms with Crippen molar-refractivity contribution in [2.24, 2.45) is 11.7 Å². The maximum atomic E-state index is 12.3. The molecule has 6 unspecified atom stereocenters. The second-order valence-electron chi connectivity index (χ2n) is 6.30. The molecule has 1 aliphatic heterocycles. The molecule has 1 heterocycles. The van der Waals surface area contributed by atoms with Crippen LogP contribution in [0.3, 0.4) is 0 Å². The van der Waals surface area contributed by atoms with Gasteiger partial charge in [-0.2, -0.15) is 0 Å². The number of amides is 1. The summed E-state index contributed by atoms with van der Waals surface area (Å²) in [6, 6.07) is -1.99. The van der Waals surface area contributed by atoms with Gasteiger partial charge in [0.15, 0.2) is 5.60 Å². The maximum Gasteiger partial charge on any atom is 0.338 e. The molecular weight excluding hydrogens is 399 g/mol. The van der Waals surface area contributed by atoms with Crippen molar-refractivity contribution in [3.63, 3.8) is 0 Å². The van der Waals surface area contributed by atoms with E-state index >= 15 is 0 Å². The van der Waals surface area contributed by atoms with Gasteiger partial charge >= 0.3 is 5.97 Å². The third-order valence-corrected chi connectivity index (χ3v) is 5.33. The van der Waals surface area contributed by atoms with Gasteiger partial charge in [0.25, 0.3) is 0 Å². The molecule has 144 valence electrons. The SMILES string of the molecule is CC(N)C(=O)NC1C2C(=C(O)CC(O)C2O)C(=O)OC1(C)C(Cl)Cl.Cl. The molecule has 11 heteroatoms. The lowest BCUT2D eigenvalue weighted by Gasteiger charge is -2.50. The Balaban J connectivity index is 0.00000312. The standard InChI is InChI=1S/C14H20Cl2N2O6.ClH/c1-4(17)11(22)18-10-8-7(5(19)3-6(20)9(8)21)12(23)24-14(10,2)13(15)16;/h4,6,8-10,13,19-21H,3,17H2,1-2H3,(H,18,22);1H. The molecule has 0 radical (unpaired) electrons. The number of fused-ring (bicyclic) bond motifs is 1. The van der Waals surface area contributed by atoms with Crippen LogP contribution in [0.15, 0.2) is 11.3 Å². The van der Waals surface area contributed by atoms with Crippen molar-refractivity contribution in [3.8, 4) is 0 Å². The molecule has 1 saturated heterocycles. The summed E-state index contributed by atoms with van der Waals surface area (Å²) in [4.78, 5) is 23.1. The van der Waals surface area contributed by atoms with Crippen LogP contribution in [0.5, 0.6) is 0 Å². The predicted molar refractivity (Wildman–Crippen MR) is 92.6 cm³/mol. The average molecular weight is 420 g/mol. The number of nitrogens with one attached hydrogen (secondary N) is 1. The van der Waals surface area contributed by atoms with E-state index in [9.17, 15) is 24.9 Å². The minimum absolute atomic E-state index is 0. The summed E-state index contributed by atoms with van der Waals surface area (Å²) < 4.78 is 5.28. The number of hydrogen-bond acceptors (Lipinski definition) is 7. The number of carbonyl (C=O) groups excluding carboxylic acids is 2. The molecule has 6 N–H and O–H groups in total. The summed E-state index contributed by atoms with van der Waals surface area (Å²) in [6.07, 6.45) is -3.07. The van der Waals surface area contributed by atoms with Gasteiger partial charge in [-0.25, -0.2) is 4.79 Å². The summed E-state index contributed by atoms with van der Waals surface area (Å²) in [5.74, 6) is -3.07. The van der Waals surface area contributed by atoms with Crippen LogP contribution in [-0.2, 0) is 14.3 Å². The molecule has 1 aliphatic carbocycles. The largest absolute Gasteiger partial charge is 0.512 e. The Hall–Kier alpha value is -0.770. The summed E-state index contributed by atoms with van der Waals surface area (Å²) in [5.41, 5.74) is 3.73. The van der Waals surface area contributed by atoms with Crippen LogP contribution in [0.2, 0.25) is 0 Å². The van der Waals surface area contributed by atoms with Gasteiger partial charge in [-0.15, -0.1) is 35.6 Å².